The van der Waals surface area contributed by atoms with E-state index in [0.29, 0.717) is 30.0 Å². The van der Waals surface area contributed by atoms with Crippen LogP contribution < -0.4 is 14.8 Å². The predicted molar refractivity (Wildman–Crippen MR) is 142 cm³/mol. The summed E-state index contributed by atoms with van der Waals surface area (Å²) in [6.07, 6.45) is 7.32. The molecule has 7 heteroatoms. The number of nitrogens with one attached hydrogen (secondary N) is 1. The molecule has 0 saturated heterocycles. The maximum absolute atomic E-state index is 13.9. The van der Waals surface area contributed by atoms with E-state index in [1.165, 1.54) is 12.7 Å². The molecular formula is C30H36N2O5. The van der Waals surface area contributed by atoms with Crippen molar-refractivity contribution in [2.45, 2.75) is 57.5 Å². The van der Waals surface area contributed by atoms with Crippen LogP contribution in [0.5, 0.6) is 11.5 Å². The molecule has 1 aliphatic carbocycles. The first kappa shape index (κ1) is 26.3. The van der Waals surface area contributed by atoms with Crippen molar-refractivity contribution in [3.05, 3.63) is 83.3 Å². The standard InChI is InChI=1S/C30H36N2O5/c1-21-9-7-10-22(19-21)16-17-32(30(34)26-13-8-18-37-26)28(29(33)31-24-11-5-4-6-12-24)23-14-15-25(35-2)27(20-23)36-3/h7-10,13-15,18-20,24,28H,4-6,11-12,16-17H2,1-3H3,(H,31,33). The van der Waals surface area contributed by atoms with Crippen molar-refractivity contribution in [2.24, 2.45) is 0 Å². The Kier molecular flexibility index (Phi) is 8.88. The van der Waals surface area contributed by atoms with E-state index >= 15 is 0 Å². The normalized spacial score (nSPS) is 14.6. The highest BCUT2D eigenvalue weighted by Crippen LogP contribution is 2.33. The van der Waals surface area contributed by atoms with Crippen LogP contribution in [-0.4, -0.2) is 43.5 Å². The highest BCUT2D eigenvalue weighted by molar-refractivity contribution is 5.96. The number of methoxy groups -OCH3 is 2. The molecule has 0 radical (unpaired) electrons. The lowest BCUT2D eigenvalue weighted by atomic mass is 9.94. The number of aryl methyl sites for hydroxylation is 1. The van der Waals surface area contributed by atoms with Crippen molar-refractivity contribution in [3.63, 3.8) is 0 Å². The van der Waals surface area contributed by atoms with Gasteiger partial charge in [0.1, 0.15) is 6.04 Å². The number of ether oxygens (including phenoxy) is 2. The zero-order chi connectivity index (χ0) is 26.2. The Balaban J connectivity index is 1.73. The monoisotopic (exact) mass is 504 g/mol. The van der Waals surface area contributed by atoms with Crippen LogP contribution in [-0.2, 0) is 11.2 Å². The van der Waals surface area contributed by atoms with Crippen molar-refractivity contribution < 1.29 is 23.5 Å². The Hall–Kier alpha value is -3.74. The van der Waals surface area contributed by atoms with E-state index in [2.05, 4.69) is 11.4 Å². The van der Waals surface area contributed by atoms with E-state index in [9.17, 15) is 9.59 Å². The third-order valence-corrected chi connectivity index (χ3v) is 6.95. The number of furan rings is 1. The van der Waals surface area contributed by atoms with Gasteiger partial charge in [-0.05, 0) is 61.6 Å². The minimum absolute atomic E-state index is 0.0984. The lowest BCUT2D eigenvalue weighted by Crippen LogP contribution is -2.47. The first-order chi connectivity index (χ1) is 18.0. The Morgan fingerprint density at radius 3 is 2.46 bits per heavy atom. The molecule has 3 aromatic rings. The van der Waals surface area contributed by atoms with Gasteiger partial charge in [-0.25, -0.2) is 0 Å². The van der Waals surface area contributed by atoms with Crippen molar-refractivity contribution in [1.82, 2.24) is 10.2 Å². The highest BCUT2D eigenvalue weighted by atomic mass is 16.5. The van der Waals surface area contributed by atoms with E-state index in [0.717, 1.165) is 36.8 Å². The van der Waals surface area contributed by atoms with Gasteiger partial charge in [0.05, 0.1) is 20.5 Å². The van der Waals surface area contributed by atoms with Gasteiger partial charge in [0.25, 0.3) is 5.91 Å². The molecular weight excluding hydrogens is 468 g/mol. The molecule has 7 nitrogen and oxygen atoms in total. The van der Waals surface area contributed by atoms with Crippen molar-refractivity contribution in [3.8, 4) is 11.5 Å². The molecule has 4 rings (SSSR count). The second kappa shape index (κ2) is 12.5. The zero-order valence-electron chi connectivity index (χ0n) is 21.9. The van der Waals surface area contributed by atoms with Gasteiger partial charge < -0.3 is 24.1 Å². The smallest absolute Gasteiger partial charge is 0.290 e. The second-order valence-corrected chi connectivity index (χ2v) is 9.58. The fourth-order valence-electron chi connectivity index (χ4n) is 5.03. The molecule has 37 heavy (non-hydrogen) atoms. The highest BCUT2D eigenvalue weighted by Gasteiger charge is 2.34. The first-order valence-electron chi connectivity index (χ1n) is 12.9. The quantitative estimate of drug-likeness (QED) is 0.395. The third-order valence-electron chi connectivity index (χ3n) is 6.95. The largest absolute Gasteiger partial charge is 0.493 e. The van der Waals surface area contributed by atoms with Crippen LogP contribution in [0.15, 0.2) is 65.3 Å². The van der Waals surface area contributed by atoms with Crippen LogP contribution in [0.4, 0.5) is 0 Å². The zero-order valence-corrected chi connectivity index (χ0v) is 21.9. The lowest BCUT2D eigenvalue weighted by molar-refractivity contribution is -0.126. The molecule has 1 heterocycles. The van der Waals surface area contributed by atoms with Crippen LogP contribution in [0.3, 0.4) is 0 Å². The minimum atomic E-state index is -0.871. The van der Waals surface area contributed by atoms with Gasteiger partial charge in [0.15, 0.2) is 17.3 Å². The summed E-state index contributed by atoms with van der Waals surface area (Å²) < 4.78 is 16.4. The average molecular weight is 505 g/mol. The van der Waals surface area contributed by atoms with Crippen LogP contribution in [0.1, 0.15) is 65.4 Å². The Labute approximate surface area is 218 Å². The number of carbonyl (C=O) groups is 2. The molecule has 1 aliphatic rings. The molecule has 2 aromatic carbocycles. The molecule has 0 bridgehead atoms. The Bertz CT molecular complexity index is 1180. The van der Waals surface area contributed by atoms with Crippen molar-refractivity contribution >= 4 is 11.8 Å². The topological polar surface area (TPSA) is 81.0 Å². The Morgan fingerprint density at radius 2 is 1.78 bits per heavy atom. The van der Waals surface area contributed by atoms with Gasteiger partial charge in [0.2, 0.25) is 5.91 Å². The van der Waals surface area contributed by atoms with Gasteiger partial charge >= 0.3 is 0 Å². The number of hydrogen-bond acceptors (Lipinski definition) is 5. The number of benzene rings is 2. The fraction of sp³-hybridized carbons (Fsp3) is 0.400. The van der Waals surface area contributed by atoms with Gasteiger partial charge in [-0.1, -0.05) is 55.2 Å². The maximum Gasteiger partial charge on any atom is 0.290 e. The van der Waals surface area contributed by atoms with Crippen LogP contribution in [0.2, 0.25) is 0 Å². The number of carbonyl (C=O) groups excluding carboxylic acids is 2. The van der Waals surface area contributed by atoms with E-state index in [-0.39, 0.29) is 23.6 Å². The van der Waals surface area contributed by atoms with Gasteiger partial charge in [0, 0.05) is 12.6 Å². The predicted octanol–water partition coefficient (Wildman–Crippen LogP) is 5.48. The third kappa shape index (κ3) is 6.53. The van der Waals surface area contributed by atoms with Gasteiger partial charge in [-0.15, -0.1) is 0 Å². The number of rotatable bonds is 10. The summed E-state index contributed by atoms with van der Waals surface area (Å²) in [7, 11) is 3.13. The second-order valence-electron chi connectivity index (χ2n) is 9.58. The molecule has 0 spiro atoms. The van der Waals surface area contributed by atoms with Gasteiger partial charge in [-0.2, -0.15) is 0 Å². The van der Waals surface area contributed by atoms with E-state index in [1.54, 1.807) is 43.4 Å². The van der Waals surface area contributed by atoms with Crippen molar-refractivity contribution in [2.75, 3.05) is 20.8 Å². The number of nitrogens with zero attached hydrogens (tertiary/aromatic N) is 1. The average Bonchev–Trinajstić information content (AvgIpc) is 3.46. The molecule has 1 N–H and O–H groups in total. The minimum Gasteiger partial charge on any atom is -0.493 e. The van der Waals surface area contributed by atoms with E-state index in [4.69, 9.17) is 13.9 Å². The molecule has 1 fully saturated rings. The molecule has 196 valence electrons. The summed E-state index contributed by atoms with van der Waals surface area (Å²) in [6, 6.07) is 16.1. The summed E-state index contributed by atoms with van der Waals surface area (Å²) in [6.45, 7) is 2.37. The van der Waals surface area contributed by atoms with E-state index in [1.807, 2.05) is 31.2 Å². The van der Waals surface area contributed by atoms with E-state index < -0.39 is 6.04 Å². The number of hydrogen-bond donors (Lipinski definition) is 1. The molecule has 1 aromatic heterocycles. The SMILES string of the molecule is COc1ccc(C(C(=O)NC2CCCCC2)N(CCc2cccc(C)c2)C(=O)c2ccco2)cc1OC. The number of amides is 2. The summed E-state index contributed by atoms with van der Waals surface area (Å²) in [5.74, 6) is 0.709. The van der Waals surface area contributed by atoms with Crippen LogP contribution >= 0.6 is 0 Å². The lowest BCUT2D eigenvalue weighted by Gasteiger charge is -2.33. The van der Waals surface area contributed by atoms with Crippen LogP contribution in [0.25, 0.3) is 0 Å². The summed E-state index contributed by atoms with van der Waals surface area (Å²) >= 11 is 0. The molecule has 0 aliphatic heterocycles. The molecule has 1 saturated carbocycles. The molecule has 1 atom stereocenters. The first-order valence-corrected chi connectivity index (χ1v) is 12.9. The Morgan fingerprint density at radius 1 is 1.00 bits per heavy atom. The summed E-state index contributed by atoms with van der Waals surface area (Å²) in [5, 5.41) is 3.24. The summed E-state index contributed by atoms with van der Waals surface area (Å²) in [5.41, 5.74) is 2.89. The molecule has 2 amide bonds. The maximum atomic E-state index is 13.9. The van der Waals surface area contributed by atoms with Crippen molar-refractivity contribution in [1.29, 1.82) is 0 Å². The summed E-state index contributed by atoms with van der Waals surface area (Å²) in [4.78, 5) is 29.3. The molecule has 1 unspecified atom stereocenters. The fourth-order valence-corrected chi connectivity index (χ4v) is 5.03. The van der Waals surface area contributed by atoms with Crippen LogP contribution in [0, 0.1) is 6.92 Å². The van der Waals surface area contributed by atoms with Gasteiger partial charge in [-0.3, -0.25) is 9.59 Å².